The van der Waals surface area contributed by atoms with Gasteiger partial charge in [-0.15, -0.1) is 22.7 Å². The van der Waals surface area contributed by atoms with E-state index in [0.717, 1.165) is 31.2 Å². The highest BCUT2D eigenvalue weighted by Gasteiger charge is 2.29. The lowest BCUT2D eigenvalue weighted by molar-refractivity contribution is 0.00971. The number of hydrogen-bond acceptors (Lipinski definition) is 5. The zero-order valence-electron chi connectivity index (χ0n) is 12.5. The SMILES string of the molecule is C[C@H](NC(=O)c1cccs1)[C@@H](c1cccs1)N1CCOCC1. The molecule has 0 radical (unpaired) electrons. The normalized spacial score (nSPS) is 18.8. The summed E-state index contributed by atoms with van der Waals surface area (Å²) in [5.41, 5.74) is 0. The van der Waals surface area contributed by atoms with Gasteiger partial charge in [0.25, 0.3) is 5.91 Å². The van der Waals surface area contributed by atoms with Crippen molar-refractivity contribution in [1.29, 1.82) is 0 Å². The fourth-order valence-electron chi connectivity index (χ4n) is 2.82. The van der Waals surface area contributed by atoms with E-state index >= 15 is 0 Å². The fraction of sp³-hybridized carbons (Fsp3) is 0.438. The molecule has 118 valence electrons. The molecule has 3 rings (SSSR count). The second kappa shape index (κ2) is 7.37. The molecule has 2 atom stereocenters. The molecule has 0 saturated carbocycles. The number of amides is 1. The van der Waals surface area contributed by atoms with Crippen LogP contribution in [0.15, 0.2) is 35.0 Å². The highest BCUT2D eigenvalue weighted by atomic mass is 32.1. The minimum absolute atomic E-state index is 0.0114. The first-order valence-corrected chi connectivity index (χ1v) is 9.21. The summed E-state index contributed by atoms with van der Waals surface area (Å²) in [7, 11) is 0. The summed E-state index contributed by atoms with van der Waals surface area (Å²) in [4.78, 5) is 16.8. The molecule has 1 fully saturated rings. The summed E-state index contributed by atoms with van der Waals surface area (Å²) in [5, 5.41) is 7.19. The van der Waals surface area contributed by atoms with E-state index in [2.05, 4.69) is 34.7 Å². The Morgan fingerprint density at radius 1 is 1.23 bits per heavy atom. The maximum Gasteiger partial charge on any atom is 0.261 e. The van der Waals surface area contributed by atoms with Crippen molar-refractivity contribution in [2.75, 3.05) is 26.3 Å². The Balaban J connectivity index is 1.74. The molecule has 1 amide bonds. The number of hydrogen-bond donors (Lipinski definition) is 1. The van der Waals surface area contributed by atoms with Crippen LogP contribution < -0.4 is 5.32 Å². The van der Waals surface area contributed by atoms with Crippen LogP contribution in [0.4, 0.5) is 0 Å². The monoisotopic (exact) mass is 336 g/mol. The second-order valence-corrected chi connectivity index (χ2v) is 7.28. The lowest BCUT2D eigenvalue weighted by Gasteiger charge is -2.37. The first-order valence-electron chi connectivity index (χ1n) is 7.45. The largest absolute Gasteiger partial charge is 0.379 e. The Morgan fingerprint density at radius 3 is 2.59 bits per heavy atom. The molecule has 2 aromatic rings. The topological polar surface area (TPSA) is 41.6 Å². The smallest absolute Gasteiger partial charge is 0.261 e. The molecule has 0 spiro atoms. The van der Waals surface area contributed by atoms with Crippen LogP contribution in [0.3, 0.4) is 0 Å². The average molecular weight is 336 g/mol. The molecular formula is C16H20N2O2S2. The number of carbonyl (C=O) groups excluding carboxylic acids is 1. The number of rotatable bonds is 5. The average Bonchev–Trinajstić information content (AvgIpc) is 3.22. The van der Waals surface area contributed by atoms with Crippen molar-refractivity contribution in [3.63, 3.8) is 0 Å². The summed E-state index contributed by atoms with van der Waals surface area (Å²) in [5.74, 6) is 0.0114. The molecule has 0 aromatic carbocycles. The summed E-state index contributed by atoms with van der Waals surface area (Å²) >= 11 is 3.22. The van der Waals surface area contributed by atoms with E-state index < -0.39 is 0 Å². The Labute approximate surface area is 138 Å². The third-order valence-corrected chi connectivity index (χ3v) is 5.66. The van der Waals surface area contributed by atoms with Crippen molar-refractivity contribution < 1.29 is 9.53 Å². The maximum absolute atomic E-state index is 12.3. The van der Waals surface area contributed by atoms with Gasteiger partial charge in [-0.25, -0.2) is 0 Å². The predicted octanol–water partition coefficient (Wildman–Crippen LogP) is 3.00. The van der Waals surface area contributed by atoms with Crippen LogP contribution in [-0.2, 0) is 4.74 Å². The summed E-state index contributed by atoms with van der Waals surface area (Å²) in [6.07, 6.45) is 0. The zero-order valence-corrected chi connectivity index (χ0v) is 14.2. The van der Waals surface area contributed by atoms with Gasteiger partial charge < -0.3 is 10.1 Å². The Bertz CT molecular complexity index is 577. The van der Waals surface area contributed by atoms with Gasteiger partial charge in [-0.3, -0.25) is 9.69 Å². The number of morpholine rings is 1. The van der Waals surface area contributed by atoms with Crippen molar-refractivity contribution in [1.82, 2.24) is 10.2 Å². The molecule has 4 nitrogen and oxygen atoms in total. The number of nitrogens with one attached hydrogen (secondary N) is 1. The molecule has 2 aromatic heterocycles. The van der Waals surface area contributed by atoms with Gasteiger partial charge >= 0.3 is 0 Å². The van der Waals surface area contributed by atoms with Gasteiger partial charge in [0.1, 0.15) is 0 Å². The number of carbonyl (C=O) groups is 1. The molecular weight excluding hydrogens is 316 g/mol. The molecule has 1 N–H and O–H groups in total. The van der Waals surface area contributed by atoms with Crippen molar-refractivity contribution in [2.45, 2.75) is 19.0 Å². The van der Waals surface area contributed by atoms with Crippen LogP contribution in [0.2, 0.25) is 0 Å². The van der Waals surface area contributed by atoms with Gasteiger partial charge in [0.05, 0.1) is 24.1 Å². The molecule has 3 heterocycles. The van der Waals surface area contributed by atoms with Crippen LogP contribution in [0.1, 0.15) is 27.5 Å². The van der Waals surface area contributed by atoms with E-state index in [4.69, 9.17) is 4.74 Å². The molecule has 0 bridgehead atoms. The summed E-state index contributed by atoms with van der Waals surface area (Å²) < 4.78 is 5.46. The number of thiophene rings is 2. The predicted molar refractivity (Wildman–Crippen MR) is 90.7 cm³/mol. The van der Waals surface area contributed by atoms with E-state index in [9.17, 15) is 4.79 Å². The van der Waals surface area contributed by atoms with E-state index in [1.807, 2.05) is 17.5 Å². The molecule has 0 unspecified atom stereocenters. The maximum atomic E-state index is 12.3. The lowest BCUT2D eigenvalue weighted by atomic mass is 10.1. The first kappa shape index (κ1) is 15.7. The van der Waals surface area contributed by atoms with Gasteiger partial charge in [-0.2, -0.15) is 0 Å². The Morgan fingerprint density at radius 2 is 1.95 bits per heavy atom. The van der Waals surface area contributed by atoms with Crippen LogP contribution in [-0.4, -0.2) is 43.2 Å². The Kier molecular flexibility index (Phi) is 5.25. The molecule has 1 aliphatic heterocycles. The molecule has 1 aliphatic rings. The zero-order chi connectivity index (χ0) is 15.4. The first-order chi connectivity index (χ1) is 10.8. The van der Waals surface area contributed by atoms with Gasteiger partial charge in [-0.05, 0) is 29.8 Å². The van der Waals surface area contributed by atoms with Crippen molar-refractivity contribution >= 4 is 28.6 Å². The van der Waals surface area contributed by atoms with Gasteiger partial charge in [0.15, 0.2) is 0 Å². The molecule has 22 heavy (non-hydrogen) atoms. The lowest BCUT2D eigenvalue weighted by Crippen LogP contribution is -2.48. The fourth-order valence-corrected chi connectivity index (χ4v) is 4.41. The second-order valence-electron chi connectivity index (χ2n) is 5.35. The molecule has 0 aliphatic carbocycles. The van der Waals surface area contributed by atoms with Gasteiger partial charge in [0, 0.05) is 24.0 Å². The van der Waals surface area contributed by atoms with Crippen LogP contribution in [0.25, 0.3) is 0 Å². The van der Waals surface area contributed by atoms with Crippen molar-refractivity contribution in [3.8, 4) is 0 Å². The highest BCUT2D eigenvalue weighted by molar-refractivity contribution is 7.12. The van der Waals surface area contributed by atoms with E-state index in [0.29, 0.717) is 0 Å². The van der Waals surface area contributed by atoms with E-state index in [1.165, 1.54) is 16.2 Å². The van der Waals surface area contributed by atoms with Gasteiger partial charge in [0.2, 0.25) is 0 Å². The van der Waals surface area contributed by atoms with Crippen molar-refractivity contribution in [3.05, 3.63) is 44.8 Å². The van der Waals surface area contributed by atoms with Crippen LogP contribution in [0.5, 0.6) is 0 Å². The van der Waals surface area contributed by atoms with Crippen LogP contribution >= 0.6 is 22.7 Å². The van der Waals surface area contributed by atoms with E-state index in [1.54, 1.807) is 11.3 Å². The summed E-state index contributed by atoms with van der Waals surface area (Å²) in [6, 6.07) is 8.24. The third-order valence-electron chi connectivity index (χ3n) is 3.85. The third kappa shape index (κ3) is 3.57. The minimum atomic E-state index is 0.0114. The van der Waals surface area contributed by atoms with Crippen molar-refractivity contribution in [2.24, 2.45) is 0 Å². The highest BCUT2D eigenvalue weighted by Crippen LogP contribution is 2.29. The molecule has 1 saturated heterocycles. The molecule has 6 heteroatoms. The number of ether oxygens (including phenoxy) is 1. The van der Waals surface area contributed by atoms with Crippen LogP contribution in [0, 0.1) is 0 Å². The van der Waals surface area contributed by atoms with Gasteiger partial charge in [-0.1, -0.05) is 12.1 Å². The Hall–Kier alpha value is -1.21. The minimum Gasteiger partial charge on any atom is -0.379 e. The number of nitrogens with zero attached hydrogens (tertiary/aromatic N) is 1. The quantitative estimate of drug-likeness (QED) is 0.913. The standard InChI is InChI=1S/C16H20N2O2S2/c1-12(17-16(19)14-5-3-11-22-14)15(13-4-2-10-21-13)18-6-8-20-9-7-18/h2-5,10-12,15H,6-9H2,1H3,(H,17,19)/t12-,15-/m0/s1. The summed E-state index contributed by atoms with van der Waals surface area (Å²) in [6.45, 7) is 5.41. The van der Waals surface area contributed by atoms with E-state index in [-0.39, 0.29) is 18.0 Å².